The van der Waals surface area contributed by atoms with Gasteiger partial charge >= 0.3 is 5.97 Å². The molecule has 2 rings (SSSR count). The Kier molecular flexibility index (Phi) is 6.99. The summed E-state index contributed by atoms with van der Waals surface area (Å²) in [5.41, 5.74) is 2.67. The lowest BCUT2D eigenvalue weighted by Crippen LogP contribution is -2.10. The molecule has 2 aromatic carbocycles. The van der Waals surface area contributed by atoms with E-state index in [2.05, 4.69) is 6.92 Å². The topological polar surface area (TPSA) is 59.3 Å². The van der Waals surface area contributed by atoms with Gasteiger partial charge in [-0.05, 0) is 67.3 Å². The van der Waals surface area contributed by atoms with Gasteiger partial charge < -0.3 is 9.47 Å². The lowest BCUT2D eigenvalue weighted by atomic mass is 10.1. The molecule has 0 bridgehead atoms. The molecule has 0 aliphatic carbocycles. The van der Waals surface area contributed by atoms with Crippen LogP contribution in [0.3, 0.4) is 0 Å². The number of nitriles is 1. The van der Waals surface area contributed by atoms with Crippen molar-refractivity contribution in [3.05, 3.63) is 64.7 Å². The van der Waals surface area contributed by atoms with Gasteiger partial charge in [-0.2, -0.15) is 5.26 Å². The van der Waals surface area contributed by atoms with Crippen LogP contribution in [0.15, 0.2) is 48.0 Å². The molecule has 0 N–H and O–H groups in total. The van der Waals surface area contributed by atoms with E-state index in [1.165, 1.54) is 6.08 Å². The molecule has 0 aliphatic rings. The minimum atomic E-state index is -0.666. The first-order chi connectivity index (χ1) is 12.5. The SMILES string of the molecule is CCCCOc1ccc(/C=C(\C#N)C(=O)Oc2cc(C)cc(C)c2)cc1. The number of aryl methyl sites for hydroxylation is 2. The normalized spacial score (nSPS) is 10.9. The van der Waals surface area contributed by atoms with Crippen molar-refractivity contribution in [3.63, 3.8) is 0 Å². The van der Waals surface area contributed by atoms with Gasteiger partial charge in [0.25, 0.3) is 0 Å². The summed E-state index contributed by atoms with van der Waals surface area (Å²) in [7, 11) is 0. The molecule has 0 spiro atoms. The Hall–Kier alpha value is -3.06. The Balaban J connectivity index is 2.09. The largest absolute Gasteiger partial charge is 0.494 e. The Labute approximate surface area is 154 Å². The number of carbonyl (C=O) groups excluding carboxylic acids is 1. The zero-order valence-corrected chi connectivity index (χ0v) is 15.4. The van der Waals surface area contributed by atoms with E-state index in [9.17, 15) is 10.1 Å². The van der Waals surface area contributed by atoms with Gasteiger partial charge in [-0.1, -0.05) is 31.5 Å². The van der Waals surface area contributed by atoms with E-state index in [0.717, 1.165) is 35.3 Å². The van der Waals surface area contributed by atoms with Gasteiger partial charge in [0.2, 0.25) is 0 Å². The predicted octanol–water partition coefficient (Wildman–Crippen LogP) is 4.99. The summed E-state index contributed by atoms with van der Waals surface area (Å²) in [4.78, 5) is 12.3. The Morgan fingerprint density at radius 2 is 1.73 bits per heavy atom. The maximum atomic E-state index is 12.3. The van der Waals surface area contributed by atoms with Crippen LogP contribution in [0, 0.1) is 25.2 Å². The fourth-order valence-electron chi connectivity index (χ4n) is 2.45. The van der Waals surface area contributed by atoms with E-state index in [1.807, 2.05) is 50.2 Å². The molecule has 0 fully saturated rings. The van der Waals surface area contributed by atoms with Crippen LogP contribution in [-0.4, -0.2) is 12.6 Å². The second-order valence-corrected chi connectivity index (χ2v) is 6.15. The summed E-state index contributed by atoms with van der Waals surface area (Å²) >= 11 is 0. The molecule has 0 aromatic heterocycles. The van der Waals surface area contributed by atoms with Crippen LogP contribution in [0.4, 0.5) is 0 Å². The third-order valence-electron chi connectivity index (χ3n) is 3.70. The molecule has 26 heavy (non-hydrogen) atoms. The van der Waals surface area contributed by atoms with E-state index in [-0.39, 0.29) is 5.57 Å². The average Bonchev–Trinajstić information content (AvgIpc) is 2.60. The summed E-state index contributed by atoms with van der Waals surface area (Å²) in [6.45, 7) is 6.64. The van der Waals surface area contributed by atoms with E-state index < -0.39 is 5.97 Å². The zero-order valence-electron chi connectivity index (χ0n) is 15.4. The number of rotatable bonds is 7. The summed E-state index contributed by atoms with van der Waals surface area (Å²) in [6, 6.07) is 14.7. The van der Waals surface area contributed by atoms with Crippen LogP contribution >= 0.6 is 0 Å². The summed E-state index contributed by atoms with van der Waals surface area (Å²) in [5.74, 6) is 0.543. The minimum absolute atomic E-state index is 0.0520. The van der Waals surface area contributed by atoms with Gasteiger partial charge in [-0.25, -0.2) is 4.79 Å². The van der Waals surface area contributed by atoms with Crippen molar-refractivity contribution < 1.29 is 14.3 Å². The number of ether oxygens (including phenoxy) is 2. The maximum absolute atomic E-state index is 12.3. The average molecular weight is 349 g/mol. The highest BCUT2D eigenvalue weighted by Crippen LogP contribution is 2.19. The molecule has 134 valence electrons. The van der Waals surface area contributed by atoms with Crippen LogP contribution in [0.5, 0.6) is 11.5 Å². The van der Waals surface area contributed by atoms with Crippen LogP contribution in [0.25, 0.3) is 6.08 Å². The van der Waals surface area contributed by atoms with Crippen LogP contribution in [0.2, 0.25) is 0 Å². The predicted molar refractivity (Wildman–Crippen MR) is 102 cm³/mol. The number of benzene rings is 2. The molecule has 0 radical (unpaired) electrons. The van der Waals surface area contributed by atoms with Gasteiger partial charge in [0.1, 0.15) is 23.1 Å². The molecule has 0 amide bonds. The zero-order chi connectivity index (χ0) is 18.9. The van der Waals surface area contributed by atoms with E-state index >= 15 is 0 Å². The molecular formula is C22H23NO3. The standard InChI is InChI=1S/C22H23NO3/c1-4-5-10-25-20-8-6-18(7-9-20)14-19(15-23)22(24)26-21-12-16(2)11-17(3)13-21/h6-9,11-14H,4-5,10H2,1-3H3/b19-14+. The van der Waals surface area contributed by atoms with Gasteiger partial charge in [0, 0.05) is 0 Å². The monoisotopic (exact) mass is 349 g/mol. The number of carbonyl (C=O) groups is 1. The fourth-order valence-corrected chi connectivity index (χ4v) is 2.45. The van der Waals surface area contributed by atoms with Gasteiger partial charge in [0.05, 0.1) is 6.61 Å². The smallest absolute Gasteiger partial charge is 0.354 e. The second-order valence-electron chi connectivity index (χ2n) is 6.15. The summed E-state index contributed by atoms with van der Waals surface area (Å²) in [6.07, 6.45) is 3.60. The number of hydrogen-bond acceptors (Lipinski definition) is 4. The number of esters is 1. The number of nitrogens with zero attached hydrogens (tertiary/aromatic N) is 1. The number of hydrogen-bond donors (Lipinski definition) is 0. The lowest BCUT2D eigenvalue weighted by Gasteiger charge is -2.07. The van der Waals surface area contributed by atoms with Crippen LogP contribution in [-0.2, 0) is 4.79 Å². The molecule has 0 aliphatic heterocycles. The first-order valence-electron chi connectivity index (χ1n) is 8.67. The molecule has 4 heteroatoms. The summed E-state index contributed by atoms with van der Waals surface area (Å²) < 4.78 is 10.9. The van der Waals surface area contributed by atoms with Crippen LogP contribution < -0.4 is 9.47 Å². The molecule has 0 saturated heterocycles. The molecule has 0 unspecified atom stereocenters. The Morgan fingerprint density at radius 3 is 2.31 bits per heavy atom. The van der Waals surface area contributed by atoms with Crippen molar-refractivity contribution in [1.29, 1.82) is 5.26 Å². The van der Waals surface area contributed by atoms with Crippen molar-refractivity contribution in [2.24, 2.45) is 0 Å². The van der Waals surface area contributed by atoms with Crippen LogP contribution in [0.1, 0.15) is 36.5 Å². The third kappa shape index (κ3) is 5.78. The highest BCUT2D eigenvalue weighted by Gasteiger charge is 2.12. The van der Waals surface area contributed by atoms with Crippen molar-refractivity contribution >= 4 is 12.0 Å². The quantitative estimate of drug-likeness (QED) is 0.232. The van der Waals surface area contributed by atoms with Gasteiger partial charge in [0.15, 0.2) is 0 Å². The number of unbranched alkanes of at least 4 members (excludes halogenated alkanes) is 1. The Bertz CT molecular complexity index is 809. The van der Waals surface area contributed by atoms with E-state index in [0.29, 0.717) is 12.4 Å². The van der Waals surface area contributed by atoms with Crippen molar-refractivity contribution in [2.45, 2.75) is 33.6 Å². The van der Waals surface area contributed by atoms with E-state index in [4.69, 9.17) is 9.47 Å². The minimum Gasteiger partial charge on any atom is -0.494 e. The molecule has 0 saturated carbocycles. The first kappa shape index (κ1) is 19.3. The fraction of sp³-hybridized carbons (Fsp3) is 0.273. The highest BCUT2D eigenvalue weighted by molar-refractivity contribution is 5.99. The third-order valence-corrected chi connectivity index (χ3v) is 3.70. The van der Waals surface area contributed by atoms with Gasteiger partial charge in [-0.15, -0.1) is 0 Å². The molecule has 4 nitrogen and oxygen atoms in total. The Morgan fingerprint density at radius 1 is 1.08 bits per heavy atom. The van der Waals surface area contributed by atoms with Crippen molar-refractivity contribution in [2.75, 3.05) is 6.61 Å². The highest BCUT2D eigenvalue weighted by atomic mass is 16.5. The van der Waals surface area contributed by atoms with Crippen molar-refractivity contribution in [3.8, 4) is 17.6 Å². The first-order valence-corrected chi connectivity index (χ1v) is 8.67. The second kappa shape index (κ2) is 9.43. The molecule has 0 atom stereocenters. The van der Waals surface area contributed by atoms with E-state index in [1.54, 1.807) is 12.1 Å². The lowest BCUT2D eigenvalue weighted by molar-refractivity contribution is -0.129. The maximum Gasteiger partial charge on any atom is 0.354 e. The molecule has 0 heterocycles. The summed E-state index contributed by atoms with van der Waals surface area (Å²) in [5, 5.41) is 9.30. The van der Waals surface area contributed by atoms with Gasteiger partial charge in [-0.3, -0.25) is 0 Å². The molecule has 2 aromatic rings. The molecular weight excluding hydrogens is 326 g/mol. The van der Waals surface area contributed by atoms with Crippen molar-refractivity contribution in [1.82, 2.24) is 0 Å².